The maximum Gasteiger partial charge on any atom is 0.238 e. The van der Waals surface area contributed by atoms with Crippen LogP contribution < -0.4 is 5.73 Å². The molecule has 2 fully saturated rings. The Morgan fingerprint density at radius 1 is 1.44 bits per heavy atom. The molecule has 1 saturated carbocycles. The smallest absolute Gasteiger partial charge is 0.238 e. The minimum atomic E-state index is -0.862. The summed E-state index contributed by atoms with van der Waals surface area (Å²) in [6.45, 7) is 5.00. The van der Waals surface area contributed by atoms with Crippen molar-refractivity contribution in [1.29, 1.82) is 0 Å². The van der Waals surface area contributed by atoms with Gasteiger partial charge in [-0.15, -0.1) is 0 Å². The highest BCUT2D eigenvalue weighted by Gasteiger charge is 2.57. The summed E-state index contributed by atoms with van der Waals surface area (Å²) in [5.74, 6) is -0.115. The van der Waals surface area contributed by atoms with E-state index in [9.17, 15) is 9.59 Å². The summed E-state index contributed by atoms with van der Waals surface area (Å²) in [6.07, 6.45) is 3.22. The van der Waals surface area contributed by atoms with Gasteiger partial charge in [0.2, 0.25) is 11.8 Å². The average Bonchev–Trinajstić information content (AvgIpc) is 3.03. The van der Waals surface area contributed by atoms with Gasteiger partial charge in [-0.05, 0) is 25.7 Å². The molecule has 1 atom stereocenters. The highest BCUT2D eigenvalue weighted by atomic mass is 16.5. The summed E-state index contributed by atoms with van der Waals surface area (Å²) in [4.78, 5) is 25.3. The molecular weight excluding hydrogens is 232 g/mol. The molecule has 5 heteroatoms. The Hall–Kier alpha value is -1.10. The Kier molecular flexibility index (Phi) is 3.90. The van der Waals surface area contributed by atoms with Gasteiger partial charge in [0.05, 0.1) is 6.61 Å². The molecule has 18 heavy (non-hydrogen) atoms. The number of ether oxygens (including phenoxy) is 1. The van der Waals surface area contributed by atoms with Crippen molar-refractivity contribution in [2.45, 2.75) is 32.6 Å². The number of primary amides is 1. The number of nitrogens with two attached hydrogens (primary N) is 1. The van der Waals surface area contributed by atoms with Crippen molar-refractivity contribution in [1.82, 2.24) is 4.90 Å². The number of carbonyl (C=O) groups is 2. The Labute approximate surface area is 108 Å². The lowest BCUT2D eigenvalue weighted by Crippen LogP contribution is -2.42. The number of nitrogens with zero attached hydrogens (tertiary/aromatic N) is 1. The first kappa shape index (κ1) is 13.3. The van der Waals surface area contributed by atoms with Crippen LogP contribution in [0.2, 0.25) is 0 Å². The van der Waals surface area contributed by atoms with Crippen LogP contribution in [0.5, 0.6) is 0 Å². The third kappa shape index (κ3) is 2.51. The Morgan fingerprint density at radius 3 is 2.72 bits per heavy atom. The molecule has 0 aromatic rings. The Morgan fingerprint density at radius 2 is 2.17 bits per heavy atom. The second kappa shape index (κ2) is 5.26. The maximum atomic E-state index is 12.2. The van der Waals surface area contributed by atoms with Crippen LogP contribution in [0, 0.1) is 11.3 Å². The number of likely N-dealkylation sites (tertiary alicyclic amines) is 1. The Balaban J connectivity index is 1.82. The highest BCUT2D eigenvalue weighted by Crippen LogP contribution is 2.47. The van der Waals surface area contributed by atoms with Gasteiger partial charge in [0, 0.05) is 25.6 Å². The predicted octanol–water partition coefficient (Wildman–Crippen LogP) is 0.527. The number of hydrogen-bond donors (Lipinski definition) is 1. The SMILES string of the molecule is CCCOCC1CCN(C(=O)C2(C(N)=O)CC2)C1. The molecule has 1 heterocycles. The zero-order valence-corrected chi connectivity index (χ0v) is 11.0. The zero-order valence-electron chi connectivity index (χ0n) is 11.0. The van der Waals surface area contributed by atoms with Crippen LogP contribution in [0.25, 0.3) is 0 Å². The first-order valence-electron chi connectivity index (χ1n) is 6.77. The average molecular weight is 254 g/mol. The summed E-state index contributed by atoms with van der Waals surface area (Å²) < 4.78 is 5.51. The van der Waals surface area contributed by atoms with E-state index < -0.39 is 11.3 Å². The summed E-state index contributed by atoms with van der Waals surface area (Å²) >= 11 is 0. The lowest BCUT2D eigenvalue weighted by Gasteiger charge is -2.21. The minimum Gasteiger partial charge on any atom is -0.381 e. The van der Waals surface area contributed by atoms with Gasteiger partial charge in [-0.1, -0.05) is 6.92 Å². The van der Waals surface area contributed by atoms with E-state index in [2.05, 4.69) is 6.92 Å². The lowest BCUT2D eigenvalue weighted by molar-refractivity contribution is -0.142. The maximum absolute atomic E-state index is 12.2. The topological polar surface area (TPSA) is 72.6 Å². The van der Waals surface area contributed by atoms with Crippen molar-refractivity contribution < 1.29 is 14.3 Å². The molecule has 1 aliphatic carbocycles. The van der Waals surface area contributed by atoms with Crippen molar-refractivity contribution in [3.8, 4) is 0 Å². The zero-order chi connectivity index (χ0) is 13.2. The van der Waals surface area contributed by atoms with Gasteiger partial charge in [-0.3, -0.25) is 9.59 Å². The standard InChI is InChI=1S/C13H22N2O3/c1-2-7-18-9-10-3-6-15(8-10)12(17)13(4-5-13)11(14)16/h10H,2-9H2,1H3,(H2,14,16). The summed E-state index contributed by atoms with van der Waals surface area (Å²) in [5.41, 5.74) is 4.46. The summed E-state index contributed by atoms with van der Waals surface area (Å²) in [7, 11) is 0. The first-order chi connectivity index (χ1) is 8.60. The van der Waals surface area contributed by atoms with Gasteiger partial charge >= 0.3 is 0 Å². The largest absolute Gasteiger partial charge is 0.381 e. The molecule has 0 aromatic carbocycles. The van der Waals surface area contributed by atoms with Crippen LogP contribution in [0.1, 0.15) is 32.6 Å². The van der Waals surface area contributed by atoms with Gasteiger partial charge in [-0.25, -0.2) is 0 Å². The minimum absolute atomic E-state index is 0.0620. The first-order valence-corrected chi connectivity index (χ1v) is 6.77. The van der Waals surface area contributed by atoms with E-state index in [1.54, 1.807) is 4.90 Å². The van der Waals surface area contributed by atoms with E-state index in [-0.39, 0.29) is 5.91 Å². The fraction of sp³-hybridized carbons (Fsp3) is 0.846. The van der Waals surface area contributed by atoms with Crippen molar-refractivity contribution in [2.24, 2.45) is 17.1 Å². The molecule has 2 N–H and O–H groups in total. The molecule has 2 aliphatic rings. The molecule has 0 aromatic heterocycles. The van der Waals surface area contributed by atoms with Crippen LogP contribution in [-0.2, 0) is 14.3 Å². The van der Waals surface area contributed by atoms with Crippen LogP contribution >= 0.6 is 0 Å². The van der Waals surface area contributed by atoms with Crippen LogP contribution in [0.3, 0.4) is 0 Å². The Bertz CT molecular complexity index is 339. The number of carbonyl (C=O) groups excluding carboxylic acids is 2. The fourth-order valence-electron chi connectivity index (χ4n) is 2.54. The molecular formula is C13H22N2O3. The number of rotatable bonds is 6. The van der Waals surface area contributed by atoms with Crippen molar-refractivity contribution in [3.63, 3.8) is 0 Å². The normalized spacial score (nSPS) is 25.2. The molecule has 0 spiro atoms. The van der Waals surface area contributed by atoms with Crippen molar-refractivity contribution in [3.05, 3.63) is 0 Å². The summed E-state index contributed by atoms with van der Waals surface area (Å²) in [5, 5.41) is 0. The highest BCUT2D eigenvalue weighted by molar-refractivity contribution is 6.07. The molecule has 2 rings (SSSR count). The van der Waals surface area contributed by atoms with Crippen LogP contribution in [0.15, 0.2) is 0 Å². The van der Waals surface area contributed by atoms with Gasteiger partial charge in [0.1, 0.15) is 5.41 Å². The van der Waals surface area contributed by atoms with Gasteiger partial charge in [0.15, 0.2) is 0 Å². The quantitative estimate of drug-likeness (QED) is 0.555. The van der Waals surface area contributed by atoms with E-state index in [1.165, 1.54) is 0 Å². The number of hydrogen-bond acceptors (Lipinski definition) is 3. The van der Waals surface area contributed by atoms with Gasteiger partial charge < -0.3 is 15.4 Å². The van der Waals surface area contributed by atoms with Crippen molar-refractivity contribution in [2.75, 3.05) is 26.3 Å². The molecule has 102 valence electrons. The van der Waals surface area contributed by atoms with Crippen LogP contribution in [0.4, 0.5) is 0 Å². The van der Waals surface area contributed by atoms with Gasteiger partial charge in [0.25, 0.3) is 0 Å². The third-order valence-electron chi connectivity index (χ3n) is 3.91. The molecule has 0 bridgehead atoms. The van der Waals surface area contributed by atoms with Crippen LogP contribution in [-0.4, -0.2) is 43.0 Å². The molecule has 1 aliphatic heterocycles. The van der Waals surface area contributed by atoms with E-state index in [4.69, 9.17) is 10.5 Å². The molecule has 1 saturated heterocycles. The van der Waals surface area contributed by atoms with E-state index in [0.717, 1.165) is 26.0 Å². The second-order valence-corrected chi connectivity index (χ2v) is 5.43. The lowest BCUT2D eigenvalue weighted by atomic mass is 10.1. The van der Waals surface area contributed by atoms with Crippen molar-refractivity contribution >= 4 is 11.8 Å². The van der Waals surface area contributed by atoms with Gasteiger partial charge in [-0.2, -0.15) is 0 Å². The molecule has 1 unspecified atom stereocenters. The predicted molar refractivity (Wildman–Crippen MR) is 66.7 cm³/mol. The summed E-state index contributed by atoms with van der Waals surface area (Å²) in [6, 6.07) is 0. The van der Waals surface area contributed by atoms with E-state index >= 15 is 0 Å². The third-order valence-corrected chi connectivity index (χ3v) is 3.91. The monoisotopic (exact) mass is 254 g/mol. The van der Waals surface area contributed by atoms with E-state index in [0.29, 0.717) is 31.9 Å². The number of amides is 2. The molecule has 5 nitrogen and oxygen atoms in total. The molecule has 2 amide bonds. The molecule has 0 radical (unpaired) electrons. The van der Waals surface area contributed by atoms with E-state index in [1.807, 2.05) is 0 Å². The fourth-order valence-corrected chi connectivity index (χ4v) is 2.54. The second-order valence-electron chi connectivity index (χ2n) is 5.43.